The SMILES string of the molecule is C#CCNC(=NCc1cccc(N2CC=CC2)c1)NCC. The van der Waals surface area contributed by atoms with Gasteiger partial charge in [0.25, 0.3) is 0 Å². The van der Waals surface area contributed by atoms with Crippen molar-refractivity contribution in [1.82, 2.24) is 10.6 Å². The maximum Gasteiger partial charge on any atom is 0.192 e. The van der Waals surface area contributed by atoms with Crippen LogP contribution in [-0.4, -0.2) is 32.1 Å². The largest absolute Gasteiger partial charge is 0.364 e. The zero-order chi connectivity index (χ0) is 14.9. The second-order valence-corrected chi connectivity index (χ2v) is 4.80. The van der Waals surface area contributed by atoms with E-state index in [0.29, 0.717) is 13.1 Å². The number of hydrogen-bond donors (Lipinski definition) is 2. The Kier molecular flexibility index (Phi) is 5.71. The van der Waals surface area contributed by atoms with Crippen molar-refractivity contribution in [1.29, 1.82) is 0 Å². The second kappa shape index (κ2) is 8.01. The van der Waals surface area contributed by atoms with Gasteiger partial charge in [-0.1, -0.05) is 30.2 Å². The molecule has 4 nitrogen and oxygen atoms in total. The Hall–Kier alpha value is -2.41. The van der Waals surface area contributed by atoms with Crippen molar-refractivity contribution in [2.45, 2.75) is 13.5 Å². The summed E-state index contributed by atoms with van der Waals surface area (Å²) in [6, 6.07) is 8.52. The molecular weight excluding hydrogens is 260 g/mol. The molecule has 1 aliphatic rings. The molecule has 2 rings (SSSR count). The molecule has 4 heteroatoms. The van der Waals surface area contributed by atoms with Crippen LogP contribution in [0.25, 0.3) is 0 Å². The van der Waals surface area contributed by atoms with Gasteiger partial charge in [0.1, 0.15) is 0 Å². The fourth-order valence-corrected chi connectivity index (χ4v) is 2.19. The molecule has 1 aromatic rings. The molecule has 1 heterocycles. The van der Waals surface area contributed by atoms with Crippen LogP contribution in [0, 0.1) is 12.3 Å². The van der Waals surface area contributed by atoms with Crippen molar-refractivity contribution in [3.8, 4) is 12.3 Å². The van der Waals surface area contributed by atoms with E-state index < -0.39 is 0 Å². The Labute approximate surface area is 127 Å². The smallest absolute Gasteiger partial charge is 0.192 e. The first-order chi connectivity index (χ1) is 10.3. The second-order valence-electron chi connectivity index (χ2n) is 4.80. The van der Waals surface area contributed by atoms with E-state index >= 15 is 0 Å². The molecule has 0 saturated heterocycles. The highest BCUT2D eigenvalue weighted by atomic mass is 15.2. The summed E-state index contributed by atoms with van der Waals surface area (Å²) in [5, 5.41) is 6.27. The number of guanidine groups is 1. The molecule has 0 radical (unpaired) electrons. The summed E-state index contributed by atoms with van der Waals surface area (Å²) in [5.41, 5.74) is 2.44. The highest BCUT2D eigenvalue weighted by Crippen LogP contribution is 2.18. The monoisotopic (exact) mass is 282 g/mol. The number of terminal acetylenes is 1. The summed E-state index contributed by atoms with van der Waals surface area (Å²) in [7, 11) is 0. The minimum Gasteiger partial charge on any atom is -0.364 e. The topological polar surface area (TPSA) is 39.7 Å². The van der Waals surface area contributed by atoms with E-state index in [1.54, 1.807) is 0 Å². The molecule has 0 bridgehead atoms. The molecule has 0 atom stereocenters. The lowest BCUT2D eigenvalue weighted by Gasteiger charge is -2.18. The highest BCUT2D eigenvalue weighted by Gasteiger charge is 2.07. The van der Waals surface area contributed by atoms with Gasteiger partial charge >= 0.3 is 0 Å². The fraction of sp³-hybridized carbons (Fsp3) is 0.353. The number of nitrogens with zero attached hydrogens (tertiary/aromatic N) is 2. The van der Waals surface area contributed by atoms with E-state index in [2.05, 4.69) is 62.9 Å². The van der Waals surface area contributed by atoms with Crippen LogP contribution >= 0.6 is 0 Å². The van der Waals surface area contributed by atoms with Crippen molar-refractivity contribution in [3.63, 3.8) is 0 Å². The summed E-state index contributed by atoms with van der Waals surface area (Å²) in [6.45, 7) is 5.93. The van der Waals surface area contributed by atoms with Crippen molar-refractivity contribution in [3.05, 3.63) is 42.0 Å². The fourth-order valence-electron chi connectivity index (χ4n) is 2.19. The summed E-state index contributed by atoms with van der Waals surface area (Å²) in [4.78, 5) is 6.88. The van der Waals surface area contributed by atoms with Crippen molar-refractivity contribution < 1.29 is 0 Å². The number of benzene rings is 1. The van der Waals surface area contributed by atoms with Gasteiger partial charge in [-0.15, -0.1) is 6.42 Å². The van der Waals surface area contributed by atoms with Crippen LogP contribution in [0.5, 0.6) is 0 Å². The van der Waals surface area contributed by atoms with Gasteiger partial charge in [0.15, 0.2) is 5.96 Å². The summed E-state index contributed by atoms with van der Waals surface area (Å²) in [6.07, 6.45) is 9.65. The maximum atomic E-state index is 5.26. The number of rotatable bonds is 5. The predicted octanol–water partition coefficient (Wildman–Crippen LogP) is 1.75. The van der Waals surface area contributed by atoms with Gasteiger partial charge in [-0.3, -0.25) is 0 Å². The van der Waals surface area contributed by atoms with Crippen LogP contribution in [-0.2, 0) is 6.54 Å². The molecule has 21 heavy (non-hydrogen) atoms. The van der Waals surface area contributed by atoms with E-state index in [0.717, 1.165) is 25.6 Å². The third-order valence-electron chi connectivity index (χ3n) is 3.22. The van der Waals surface area contributed by atoms with E-state index in [9.17, 15) is 0 Å². The van der Waals surface area contributed by atoms with E-state index in [-0.39, 0.29) is 0 Å². The van der Waals surface area contributed by atoms with Crippen molar-refractivity contribution in [2.24, 2.45) is 4.99 Å². The average molecular weight is 282 g/mol. The van der Waals surface area contributed by atoms with Gasteiger partial charge in [0.05, 0.1) is 13.1 Å². The van der Waals surface area contributed by atoms with E-state index in [4.69, 9.17) is 6.42 Å². The van der Waals surface area contributed by atoms with Gasteiger partial charge in [0, 0.05) is 25.3 Å². The minimum absolute atomic E-state index is 0.478. The van der Waals surface area contributed by atoms with Crippen molar-refractivity contribution in [2.75, 3.05) is 31.1 Å². The molecule has 110 valence electrons. The van der Waals surface area contributed by atoms with Crippen LogP contribution in [0.1, 0.15) is 12.5 Å². The summed E-state index contributed by atoms with van der Waals surface area (Å²) < 4.78 is 0. The Morgan fingerprint density at radius 2 is 2.14 bits per heavy atom. The number of nitrogens with one attached hydrogen (secondary N) is 2. The first kappa shape index (κ1) is 15.0. The molecule has 1 aromatic carbocycles. The van der Waals surface area contributed by atoms with Crippen LogP contribution < -0.4 is 15.5 Å². The van der Waals surface area contributed by atoms with Gasteiger partial charge in [-0.05, 0) is 24.6 Å². The van der Waals surface area contributed by atoms with E-state index in [1.165, 1.54) is 11.3 Å². The molecule has 2 N–H and O–H groups in total. The molecule has 0 amide bonds. The maximum absolute atomic E-state index is 5.26. The third-order valence-corrected chi connectivity index (χ3v) is 3.22. The molecular formula is C17H22N4. The van der Waals surface area contributed by atoms with Crippen LogP contribution in [0.15, 0.2) is 41.4 Å². The zero-order valence-corrected chi connectivity index (χ0v) is 12.5. The zero-order valence-electron chi connectivity index (χ0n) is 12.5. The Bertz CT molecular complexity index is 546. The average Bonchev–Trinajstić information content (AvgIpc) is 3.05. The number of aliphatic imine (C=N–C) groups is 1. The lowest BCUT2D eigenvalue weighted by molar-refractivity contribution is 0.864. The van der Waals surface area contributed by atoms with Crippen LogP contribution in [0.3, 0.4) is 0 Å². The quantitative estimate of drug-likeness (QED) is 0.374. The first-order valence-electron chi connectivity index (χ1n) is 7.28. The van der Waals surface area contributed by atoms with E-state index in [1.807, 2.05) is 6.92 Å². The molecule has 0 spiro atoms. The van der Waals surface area contributed by atoms with Crippen molar-refractivity contribution >= 4 is 11.6 Å². The molecule has 0 saturated carbocycles. The lowest BCUT2D eigenvalue weighted by Crippen LogP contribution is -2.37. The molecule has 1 aliphatic heterocycles. The number of anilines is 1. The van der Waals surface area contributed by atoms with Gasteiger partial charge in [-0.25, -0.2) is 4.99 Å². The Balaban J connectivity index is 2.00. The normalized spacial score (nSPS) is 14.1. The molecule has 0 fully saturated rings. The minimum atomic E-state index is 0.478. The molecule has 0 unspecified atom stereocenters. The summed E-state index contributed by atoms with van der Waals surface area (Å²) >= 11 is 0. The van der Waals surface area contributed by atoms with Gasteiger partial charge in [-0.2, -0.15) is 0 Å². The lowest BCUT2D eigenvalue weighted by atomic mass is 10.2. The third kappa shape index (κ3) is 4.57. The standard InChI is InChI=1S/C17H22N4/c1-3-10-19-17(18-4-2)20-14-15-8-7-9-16(13-15)21-11-5-6-12-21/h1,5-9,13H,4,10-12,14H2,2H3,(H2,18,19,20). The van der Waals surface area contributed by atoms with Gasteiger partial charge in [0.2, 0.25) is 0 Å². The van der Waals surface area contributed by atoms with Crippen LogP contribution in [0.4, 0.5) is 5.69 Å². The Morgan fingerprint density at radius 3 is 2.86 bits per heavy atom. The first-order valence-corrected chi connectivity index (χ1v) is 7.28. The summed E-state index contributed by atoms with van der Waals surface area (Å²) in [5.74, 6) is 3.31. The highest BCUT2D eigenvalue weighted by molar-refractivity contribution is 5.80. The van der Waals surface area contributed by atoms with Crippen LogP contribution in [0.2, 0.25) is 0 Å². The Morgan fingerprint density at radius 1 is 1.33 bits per heavy atom. The molecule has 0 aliphatic carbocycles. The molecule has 0 aromatic heterocycles. The predicted molar refractivity (Wildman–Crippen MR) is 89.4 cm³/mol. The number of hydrogen-bond acceptors (Lipinski definition) is 2. The van der Waals surface area contributed by atoms with Gasteiger partial charge < -0.3 is 15.5 Å².